The minimum atomic E-state index is -4.14. The molecule has 0 aliphatic carbocycles. The third-order valence-corrected chi connectivity index (χ3v) is 6.23. The maximum atomic E-state index is 13.8. The van der Waals surface area contributed by atoms with Crippen LogP contribution in [0.3, 0.4) is 0 Å². The second-order valence-corrected chi connectivity index (χ2v) is 8.53. The normalized spacial score (nSPS) is 11.2. The highest BCUT2D eigenvalue weighted by atomic mass is 32.2. The maximum Gasteiger partial charge on any atom is 0.264 e. The van der Waals surface area contributed by atoms with Gasteiger partial charge in [0.2, 0.25) is 5.91 Å². The molecule has 8 heteroatoms. The molecule has 0 aromatic heterocycles. The number of sulfonamides is 1. The predicted molar refractivity (Wildman–Crippen MR) is 110 cm³/mol. The molecule has 0 fully saturated rings. The van der Waals surface area contributed by atoms with Crippen molar-refractivity contribution in [3.8, 4) is 0 Å². The number of amides is 1. The SMILES string of the molecule is Cc1ccc(N(CC(=O)NCc2ccccc2F)S(=O)(=O)c2ccc(F)cc2)cc1. The van der Waals surface area contributed by atoms with Crippen molar-refractivity contribution in [2.75, 3.05) is 10.8 Å². The van der Waals surface area contributed by atoms with Crippen LogP contribution in [-0.4, -0.2) is 20.9 Å². The van der Waals surface area contributed by atoms with E-state index in [9.17, 15) is 22.0 Å². The van der Waals surface area contributed by atoms with Crippen molar-refractivity contribution in [2.45, 2.75) is 18.4 Å². The summed E-state index contributed by atoms with van der Waals surface area (Å²) in [6.07, 6.45) is 0. The molecule has 0 unspecified atom stereocenters. The van der Waals surface area contributed by atoms with Crippen molar-refractivity contribution in [3.05, 3.63) is 95.6 Å². The summed E-state index contributed by atoms with van der Waals surface area (Å²) in [5.41, 5.74) is 1.49. The Hall–Kier alpha value is -3.26. The molecule has 0 atom stereocenters. The van der Waals surface area contributed by atoms with E-state index in [0.717, 1.165) is 34.1 Å². The Morgan fingerprint density at radius 3 is 2.20 bits per heavy atom. The van der Waals surface area contributed by atoms with Crippen LogP contribution < -0.4 is 9.62 Å². The minimum absolute atomic E-state index is 0.0795. The standard InChI is InChI=1S/C22H20F2N2O3S/c1-16-6-10-19(11-7-16)26(30(28,29)20-12-8-18(23)9-13-20)15-22(27)25-14-17-4-2-3-5-21(17)24/h2-13H,14-15H2,1H3,(H,25,27). The summed E-state index contributed by atoms with van der Waals surface area (Å²) < 4.78 is 54.3. The third kappa shape index (κ3) is 5.01. The van der Waals surface area contributed by atoms with E-state index in [-0.39, 0.29) is 22.7 Å². The van der Waals surface area contributed by atoms with Gasteiger partial charge in [0.15, 0.2) is 0 Å². The van der Waals surface area contributed by atoms with Crippen LogP contribution in [0.4, 0.5) is 14.5 Å². The first-order valence-electron chi connectivity index (χ1n) is 9.12. The lowest BCUT2D eigenvalue weighted by Crippen LogP contribution is -2.40. The average molecular weight is 430 g/mol. The molecule has 30 heavy (non-hydrogen) atoms. The van der Waals surface area contributed by atoms with Crippen molar-refractivity contribution in [1.29, 1.82) is 0 Å². The van der Waals surface area contributed by atoms with Crippen LogP contribution in [0.15, 0.2) is 77.7 Å². The number of benzene rings is 3. The van der Waals surface area contributed by atoms with E-state index in [0.29, 0.717) is 0 Å². The Labute approximate surface area is 174 Å². The molecule has 156 valence electrons. The largest absolute Gasteiger partial charge is 0.350 e. The molecule has 0 heterocycles. The zero-order chi connectivity index (χ0) is 21.7. The number of hydrogen-bond donors (Lipinski definition) is 1. The Morgan fingerprint density at radius 2 is 1.57 bits per heavy atom. The highest BCUT2D eigenvalue weighted by Gasteiger charge is 2.27. The molecule has 0 spiro atoms. The van der Waals surface area contributed by atoms with Gasteiger partial charge in [0.05, 0.1) is 10.6 Å². The monoisotopic (exact) mass is 430 g/mol. The number of carbonyl (C=O) groups excluding carboxylic acids is 1. The molecule has 0 bridgehead atoms. The van der Waals surface area contributed by atoms with Crippen molar-refractivity contribution in [2.24, 2.45) is 0 Å². The Balaban J connectivity index is 1.86. The number of hydrogen-bond acceptors (Lipinski definition) is 3. The third-order valence-electron chi connectivity index (χ3n) is 4.44. The molecule has 0 aliphatic rings. The summed E-state index contributed by atoms with van der Waals surface area (Å²) in [6.45, 7) is 1.25. The Kier molecular flexibility index (Phi) is 6.47. The van der Waals surface area contributed by atoms with Crippen molar-refractivity contribution in [3.63, 3.8) is 0 Å². The summed E-state index contributed by atoms with van der Waals surface area (Å²) in [5.74, 6) is -1.64. The summed E-state index contributed by atoms with van der Waals surface area (Å²) in [7, 11) is -4.14. The van der Waals surface area contributed by atoms with E-state index in [2.05, 4.69) is 5.32 Å². The van der Waals surface area contributed by atoms with Crippen LogP contribution in [0.1, 0.15) is 11.1 Å². The molecule has 0 saturated heterocycles. The van der Waals surface area contributed by atoms with Gasteiger partial charge >= 0.3 is 0 Å². The summed E-state index contributed by atoms with van der Waals surface area (Å²) >= 11 is 0. The first kappa shape index (κ1) is 21.4. The van der Waals surface area contributed by atoms with Gasteiger partial charge in [-0.3, -0.25) is 9.10 Å². The molecular formula is C22H20F2N2O3S. The maximum absolute atomic E-state index is 13.8. The smallest absolute Gasteiger partial charge is 0.264 e. The number of rotatable bonds is 7. The summed E-state index contributed by atoms with van der Waals surface area (Å²) in [5, 5.41) is 2.54. The minimum Gasteiger partial charge on any atom is -0.350 e. The van der Waals surface area contributed by atoms with E-state index in [1.165, 1.54) is 18.2 Å². The number of carbonyl (C=O) groups is 1. The molecule has 3 aromatic carbocycles. The van der Waals surface area contributed by atoms with Crippen LogP contribution in [0.25, 0.3) is 0 Å². The van der Waals surface area contributed by atoms with Crippen LogP contribution >= 0.6 is 0 Å². The Bertz CT molecular complexity index is 1130. The average Bonchev–Trinajstić information content (AvgIpc) is 2.72. The van der Waals surface area contributed by atoms with E-state index < -0.39 is 34.1 Å². The van der Waals surface area contributed by atoms with Crippen LogP contribution in [0.2, 0.25) is 0 Å². The van der Waals surface area contributed by atoms with Crippen LogP contribution in [0.5, 0.6) is 0 Å². The van der Waals surface area contributed by atoms with Gasteiger partial charge < -0.3 is 5.32 Å². The molecule has 1 N–H and O–H groups in total. The molecule has 5 nitrogen and oxygen atoms in total. The Morgan fingerprint density at radius 1 is 0.933 bits per heavy atom. The lowest BCUT2D eigenvalue weighted by Gasteiger charge is -2.24. The van der Waals surface area contributed by atoms with Gasteiger partial charge in [-0.25, -0.2) is 17.2 Å². The second-order valence-electron chi connectivity index (χ2n) is 6.67. The molecule has 0 saturated carbocycles. The van der Waals surface area contributed by atoms with E-state index in [1.54, 1.807) is 30.3 Å². The van der Waals surface area contributed by atoms with Crippen LogP contribution in [0, 0.1) is 18.6 Å². The topological polar surface area (TPSA) is 66.5 Å². The van der Waals surface area contributed by atoms with Gasteiger partial charge in [0.25, 0.3) is 10.0 Å². The zero-order valence-corrected chi connectivity index (χ0v) is 17.0. The summed E-state index contributed by atoms with van der Waals surface area (Å²) in [4.78, 5) is 12.4. The van der Waals surface area contributed by atoms with E-state index in [1.807, 2.05) is 6.92 Å². The van der Waals surface area contributed by atoms with Crippen molar-refractivity contribution in [1.82, 2.24) is 5.32 Å². The number of nitrogens with zero attached hydrogens (tertiary/aromatic N) is 1. The highest BCUT2D eigenvalue weighted by molar-refractivity contribution is 7.92. The lowest BCUT2D eigenvalue weighted by atomic mass is 10.2. The molecule has 1 amide bonds. The second kappa shape index (κ2) is 9.04. The van der Waals surface area contributed by atoms with Crippen molar-refractivity contribution >= 4 is 21.6 Å². The first-order valence-corrected chi connectivity index (χ1v) is 10.6. The van der Waals surface area contributed by atoms with Crippen molar-refractivity contribution < 1.29 is 22.0 Å². The fraction of sp³-hybridized carbons (Fsp3) is 0.136. The van der Waals surface area contributed by atoms with E-state index >= 15 is 0 Å². The molecular weight excluding hydrogens is 410 g/mol. The predicted octanol–water partition coefficient (Wildman–Crippen LogP) is 3.78. The summed E-state index contributed by atoms with van der Waals surface area (Å²) in [6, 6.07) is 17.0. The quantitative estimate of drug-likeness (QED) is 0.620. The fourth-order valence-corrected chi connectivity index (χ4v) is 4.20. The lowest BCUT2D eigenvalue weighted by molar-refractivity contribution is -0.119. The van der Waals surface area contributed by atoms with E-state index in [4.69, 9.17) is 0 Å². The number of nitrogens with one attached hydrogen (secondary N) is 1. The molecule has 0 radical (unpaired) electrons. The zero-order valence-electron chi connectivity index (χ0n) is 16.2. The number of aryl methyl sites for hydroxylation is 1. The van der Waals surface area contributed by atoms with Gasteiger partial charge in [-0.1, -0.05) is 35.9 Å². The van der Waals surface area contributed by atoms with Gasteiger partial charge in [-0.15, -0.1) is 0 Å². The van der Waals surface area contributed by atoms with Gasteiger partial charge in [0.1, 0.15) is 18.2 Å². The molecule has 3 aromatic rings. The van der Waals surface area contributed by atoms with Gasteiger partial charge in [-0.2, -0.15) is 0 Å². The van der Waals surface area contributed by atoms with Crippen LogP contribution in [-0.2, 0) is 21.4 Å². The molecule has 0 aliphatic heterocycles. The number of anilines is 1. The fourth-order valence-electron chi connectivity index (χ4n) is 2.78. The molecule has 3 rings (SSSR count). The number of halogens is 2. The highest BCUT2D eigenvalue weighted by Crippen LogP contribution is 2.24. The first-order chi connectivity index (χ1) is 14.3. The van der Waals surface area contributed by atoms with Gasteiger partial charge in [0, 0.05) is 12.1 Å². The van der Waals surface area contributed by atoms with Gasteiger partial charge in [-0.05, 0) is 49.4 Å².